The first kappa shape index (κ1) is 39.4. The van der Waals surface area contributed by atoms with Gasteiger partial charge in [0, 0.05) is 84.7 Å². The van der Waals surface area contributed by atoms with E-state index in [4.69, 9.17) is 11.6 Å². The molecule has 9 rings (SSSR count). The van der Waals surface area contributed by atoms with E-state index in [9.17, 15) is 19.2 Å². The highest BCUT2D eigenvalue weighted by Gasteiger charge is 2.36. The summed E-state index contributed by atoms with van der Waals surface area (Å²) < 4.78 is 0. The number of halogens is 1. The summed E-state index contributed by atoms with van der Waals surface area (Å²) in [5.74, 6) is -0.0400. The molecule has 3 aliphatic rings. The third-order valence-electron chi connectivity index (χ3n) is 11.9. The quantitative estimate of drug-likeness (QED) is 0.160. The van der Waals surface area contributed by atoms with Gasteiger partial charge in [0.15, 0.2) is 0 Å². The summed E-state index contributed by atoms with van der Waals surface area (Å²) in [7, 11) is 0. The number of carbonyl (C=O) groups excluding carboxylic acids is 2. The van der Waals surface area contributed by atoms with Gasteiger partial charge in [0.2, 0.25) is 11.8 Å². The second-order valence-corrected chi connectivity index (χ2v) is 17.6. The molecular weight excluding hydrogens is 754 g/mol. The molecule has 0 saturated carbocycles. The number of H-pyrrole nitrogens is 3. The van der Waals surface area contributed by atoms with Crippen LogP contribution in [0.25, 0.3) is 32.7 Å². The van der Waals surface area contributed by atoms with Crippen LogP contribution in [-0.4, -0.2) is 84.5 Å². The summed E-state index contributed by atoms with van der Waals surface area (Å²) in [6.45, 7) is 10.5. The Bertz CT molecular complexity index is 2600. The van der Waals surface area contributed by atoms with Gasteiger partial charge in [-0.15, -0.1) is 0 Å². The highest BCUT2D eigenvalue weighted by molar-refractivity contribution is 6.35. The molecule has 2 amide bonds. The van der Waals surface area contributed by atoms with Crippen molar-refractivity contribution in [1.82, 2.24) is 45.2 Å². The Labute approximate surface area is 341 Å². The third-order valence-corrected chi connectivity index (χ3v) is 12.2. The smallest absolute Gasteiger partial charge is 0.251 e. The van der Waals surface area contributed by atoms with Gasteiger partial charge in [-0.05, 0) is 104 Å². The van der Waals surface area contributed by atoms with Crippen LogP contribution in [0.4, 0.5) is 0 Å². The average molecular weight is 804 g/mol. The Morgan fingerprint density at radius 1 is 0.845 bits per heavy atom. The van der Waals surface area contributed by atoms with Crippen molar-refractivity contribution in [2.24, 2.45) is 11.3 Å². The molecule has 0 spiro atoms. The number of nitrogens with one attached hydrogen (secondary N) is 4. The van der Waals surface area contributed by atoms with Gasteiger partial charge in [-0.2, -0.15) is 5.10 Å². The number of fused-ring (bicyclic) bond motifs is 5. The van der Waals surface area contributed by atoms with Gasteiger partial charge in [0.25, 0.3) is 11.1 Å². The van der Waals surface area contributed by atoms with Crippen molar-refractivity contribution in [1.29, 1.82) is 0 Å². The van der Waals surface area contributed by atoms with Crippen molar-refractivity contribution in [3.05, 3.63) is 109 Å². The standard InChI is InChI=1S/C31H35ClN6O3.C13H15N3O/c1-31(2,3)17-38-16-24-19(12-25(32)28-23(24)15-34-36-28)10-20(30(38)41)13-27(39)37-8-5-18(6-9-37)22-11-21-14-33-7-4-26(21)35-29(22)40;17-13-11(9-1-4-14-5-2-9)7-10-8-15-6-3-12(10)16-13/h4,7,11-12,14-15,18,20H,5-6,8-10,13,16-17H2,1-3H3,(H,34,36)(H,35,40);3,6-9,14H,1-2,4-5H2,(H,16,17)/t20-;/m0./s1. The molecule has 5 aromatic heterocycles. The highest BCUT2D eigenvalue weighted by atomic mass is 35.5. The molecule has 8 heterocycles. The zero-order chi connectivity index (χ0) is 40.6. The number of piperidine rings is 2. The molecule has 58 heavy (non-hydrogen) atoms. The predicted octanol–water partition coefficient (Wildman–Crippen LogP) is 6.19. The zero-order valence-electron chi connectivity index (χ0n) is 33.2. The molecule has 1 atom stereocenters. The van der Waals surface area contributed by atoms with Gasteiger partial charge < -0.3 is 25.1 Å². The maximum Gasteiger partial charge on any atom is 0.251 e. The molecule has 13 nitrogen and oxygen atoms in total. The Morgan fingerprint density at radius 2 is 1.45 bits per heavy atom. The summed E-state index contributed by atoms with van der Waals surface area (Å²) in [6.07, 6.45) is 12.8. The number of pyridine rings is 4. The zero-order valence-corrected chi connectivity index (χ0v) is 34.0. The molecule has 0 radical (unpaired) electrons. The van der Waals surface area contributed by atoms with E-state index in [1.54, 1.807) is 37.1 Å². The van der Waals surface area contributed by atoms with Gasteiger partial charge >= 0.3 is 0 Å². The van der Waals surface area contributed by atoms with Crippen molar-refractivity contribution in [3.8, 4) is 0 Å². The van der Waals surface area contributed by atoms with E-state index in [1.165, 1.54) is 0 Å². The minimum absolute atomic E-state index is 0.00318. The first-order valence-corrected chi connectivity index (χ1v) is 20.6. The second kappa shape index (κ2) is 16.5. The number of hydrogen-bond donors (Lipinski definition) is 4. The molecule has 1 aromatic carbocycles. The van der Waals surface area contributed by atoms with Crippen molar-refractivity contribution in [2.75, 3.05) is 32.7 Å². The van der Waals surface area contributed by atoms with Gasteiger partial charge in [0.05, 0.1) is 33.7 Å². The molecular formula is C44H50ClN9O4. The van der Waals surface area contributed by atoms with Crippen LogP contribution >= 0.6 is 11.6 Å². The minimum atomic E-state index is -0.472. The van der Waals surface area contributed by atoms with E-state index in [-0.39, 0.29) is 40.7 Å². The number of rotatable bonds is 5. The van der Waals surface area contributed by atoms with Crippen LogP contribution in [0.5, 0.6) is 0 Å². The van der Waals surface area contributed by atoms with Crippen LogP contribution in [0.2, 0.25) is 5.02 Å². The van der Waals surface area contributed by atoms with E-state index in [0.717, 1.165) is 80.9 Å². The third kappa shape index (κ3) is 8.42. The predicted molar refractivity (Wildman–Crippen MR) is 226 cm³/mol. The lowest BCUT2D eigenvalue weighted by atomic mass is 9.88. The summed E-state index contributed by atoms with van der Waals surface area (Å²) >= 11 is 6.58. The van der Waals surface area contributed by atoms with E-state index in [0.29, 0.717) is 56.4 Å². The van der Waals surface area contributed by atoms with Crippen LogP contribution in [0.3, 0.4) is 0 Å². The number of hydrogen-bond acceptors (Lipinski definition) is 8. The molecule has 0 aliphatic carbocycles. The second-order valence-electron chi connectivity index (χ2n) is 17.2. The lowest BCUT2D eigenvalue weighted by molar-refractivity contribution is -0.142. The molecule has 3 aliphatic heterocycles. The number of nitrogens with zero attached hydrogens (tertiary/aromatic N) is 5. The molecule has 2 fully saturated rings. The first-order valence-electron chi connectivity index (χ1n) is 20.3. The normalized spacial score (nSPS) is 18.3. The minimum Gasteiger partial charge on any atom is -0.343 e. The SMILES string of the molecule is CC(C)(C)CN1Cc2c(cc(Cl)c3[nH]ncc23)C[C@@H](CC(=O)N2CCC(c3cc4cnccc4[nH]c3=O)CC2)C1=O.O=c1[nH]c2ccncc2cc1C1CCNCC1. The summed E-state index contributed by atoms with van der Waals surface area (Å²) in [5, 5.41) is 13.9. The fourth-order valence-corrected chi connectivity index (χ4v) is 9.22. The number of amides is 2. The number of benzene rings is 1. The van der Waals surface area contributed by atoms with Gasteiger partial charge in [-0.25, -0.2) is 0 Å². The fourth-order valence-electron chi connectivity index (χ4n) is 8.94. The van der Waals surface area contributed by atoms with Crippen molar-refractivity contribution < 1.29 is 9.59 Å². The van der Waals surface area contributed by atoms with Gasteiger partial charge in [-0.1, -0.05) is 32.4 Å². The van der Waals surface area contributed by atoms with Gasteiger partial charge in [-0.3, -0.25) is 34.2 Å². The average Bonchev–Trinajstić information content (AvgIpc) is 3.68. The number of aromatic nitrogens is 6. The molecule has 4 N–H and O–H groups in total. The van der Waals surface area contributed by atoms with Crippen LogP contribution in [0.1, 0.15) is 87.0 Å². The van der Waals surface area contributed by atoms with Crippen LogP contribution in [0, 0.1) is 11.3 Å². The van der Waals surface area contributed by atoms with E-state index in [1.807, 2.05) is 34.1 Å². The Balaban J connectivity index is 0.000000229. The largest absolute Gasteiger partial charge is 0.343 e. The van der Waals surface area contributed by atoms with E-state index in [2.05, 4.69) is 56.2 Å². The molecule has 6 aromatic rings. The lowest BCUT2D eigenvalue weighted by Gasteiger charge is -2.34. The van der Waals surface area contributed by atoms with Crippen LogP contribution in [0.15, 0.2) is 70.9 Å². The van der Waals surface area contributed by atoms with Crippen molar-refractivity contribution >= 4 is 56.1 Å². The maximum absolute atomic E-state index is 13.9. The van der Waals surface area contributed by atoms with Crippen molar-refractivity contribution in [2.45, 2.75) is 77.7 Å². The summed E-state index contributed by atoms with van der Waals surface area (Å²) in [5.41, 5.74) is 5.96. The fraction of sp³-hybridized carbons (Fsp3) is 0.432. The topological polar surface area (TPSA) is 173 Å². The Hall–Kier alpha value is -5.40. The first-order chi connectivity index (χ1) is 27.9. The Kier molecular flexibility index (Phi) is 11.2. The van der Waals surface area contributed by atoms with Crippen LogP contribution in [-0.2, 0) is 22.6 Å². The number of aromatic amines is 3. The lowest BCUT2D eigenvalue weighted by Crippen LogP contribution is -2.43. The van der Waals surface area contributed by atoms with Crippen molar-refractivity contribution in [3.63, 3.8) is 0 Å². The van der Waals surface area contributed by atoms with Crippen LogP contribution < -0.4 is 16.4 Å². The van der Waals surface area contributed by atoms with Gasteiger partial charge in [0.1, 0.15) is 0 Å². The Morgan fingerprint density at radius 3 is 2.05 bits per heavy atom. The highest BCUT2D eigenvalue weighted by Crippen LogP contribution is 2.36. The summed E-state index contributed by atoms with van der Waals surface area (Å²) in [6, 6.07) is 9.48. The molecule has 0 unspecified atom stereocenters. The molecule has 14 heteroatoms. The summed E-state index contributed by atoms with van der Waals surface area (Å²) in [4.78, 5) is 70.2. The molecule has 302 valence electrons. The molecule has 0 bridgehead atoms. The maximum atomic E-state index is 13.9. The monoisotopic (exact) mass is 803 g/mol. The molecule has 2 saturated heterocycles. The number of likely N-dealkylation sites (tertiary alicyclic amines) is 1. The number of carbonyl (C=O) groups is 2. The van der Waals surface area contributed by atoms with E-state index < -0.39 is 5.92 Å². The van der Waals surface area contributed by atoms with E-state index >= 15 is 0 Å².